The maximum absolute atomic E-state index is 12.2. The topological polar surface area (TPSA) is 67.4 Å². The lowest BCUT2D eigenvalue weighted by Gasteiger charge is -2.11. The number of carbonyl (C=O) groups is 2. The highest BCUT2D eigenvalue weighted by atomic mass is 127. The van der Waals surface area contributed by atoms with Crippen LogP contribution >= 0.6 is 22.6 Å². The van der Waals surface area contributed by atoms with Gasteiger partial charge in [-0.25, -0.2) is 0 Å². The highest BCUT2D eigenvalue weighted by Gasteiger charge is 2.12. The third-order valence-electron chi connectivity index (χ3n) is 3.05. The molecule has 0 atom stereocenters. The van der Waals surface area contributed by atoms with Crippen molar-refractivity contribution in [1.82, 2.24) is 5.32 Å². The van der Waals surface area contributed by atoms with Crippen LogP contribution in [0.25, 0.3) is 0 Å². The zero-order valence-corrected chi connectivity index (χ0v) is 14.3. The highest BCUT2D eigenvalue weighted by molar-refractivity contribution is 14.1. The van der Waals surface area contributed by atoms with E-state index in [1.807, 2.05) is 12.1 Å². The number of hydrogen-bond acceptors (Lipinski definition) is 3. The van der Waals surface area contributed by atoms with Crippen LogP contribution in [0, 0.1) is 3.57 Å². The fourth-order valence-corrected chi connectivity index (χ4v) is 2.24. The predicted molar refractivity (Wildman–Crippen MR) is 93.5 cm³/mol. The minimum atomic E-state index is -0.234. The molecule has 0 saturated carbocycles. The predicted octanol–water partition coefficient (Wildman–Crippen LogP) is 2.91. The molecule has 22 heavy (non-hydrogen) atoms. The molecule has 0 aliphatic carbocycles. The summed E-state index contributed by atoms with van der Waals surface area (Å²) in [6.07, 6.45) is 0. The second kappa shape index (κ2) is 7.26. The number of anilines is 1. The van der Waals surface area contributed by atoms with Gasteiger partial charge in [0.2, 0.25) is 0 Å². The molecule has 2 N–H and O–H groups in total. The first kappa shape index (κ1) is 16.3. The summed E-state index contributed by atoms with van der Waals surface area (Å²) in [5.41, 5.74) is 1.53. The van der Waals surface area contributed by atoms with Gasteiger partial charge in [0.1, 0.15) is 5.75 Å². The molecule has 0 aliphatic heterocycles. The first-order valence-electron chi connectivity index (χ1n) is 6.52. The van der Waals surface area contributed by atoms with Crippen LogP contribution in [-0.2, 0) is 0 Å². The van der Waals surface area contributed by atoms with Crippen molar-refractivity contribution in [3.63, 3.8) is 0 Å². The van der Waals surface area contributed by atoms with Gasteiger partial charge in [0.25, 0.3) is 11.8 Å². The summed E-state index contributed by atoms with van der Waals surface area (Å²) in [5, 5.41) is 5.32. The standard InChI is InChI=1S/C16H15IN2O3/c1-18-15(20)11-5-8-13(14(9-11)22-2)19-16(21)10-3-6-12(17)7-4-10/h3-9H,1-2H3,(H,18,20)(H,19,21). The minimum Gasteiger partial charge on any atom is -0.495 e. The van der Waals surface area contributed by atoms with Gasteiger partial charge in [-0.05, 0) is 65.1 Å². The molecule has 2 amide bonds. The first-order valence-corrected chi connectivity index (χ1v) is 7.60. The third kappa shape index (κ3) is 3.76. The Kier molecular flexibility index (Phi) is 5.37. The number of benzene rings is 2. The Bertz CT molecular complexity index is 699. The van der Waals surface area contributed by atoms with Crippen molar-refractivity contribution in [2.24, 2.45) is 0 Å². The molecule has 5 nitrogen and oxygen atoms in total. The summed E-state index contributed by atoms with van der Waals surface area (Å²) in [4.78, 5) is 23.8. The van der Waals surface area contributed by atoms with E-state index < -0.39 is 0 Å². The van der Waals surface area contributed by atoms with Crippen LogP contribution in [0.2, 0.25) is 0 Å². The van der Waals surface area contributed by atoms with Crippen LogP contribution in [0.3, 0.4) is 0 Å². The summed E-state index contributed by atoms with van der Waals surface area (Å²) in [7, 11) is 3.05. The number of halogens is 1. The molecule has 0 saturated heterocycles. The maximum Gasteiger partial charge on any atom is 0.255 e. The Morgan fingerprint density at radius 2 is 1.64 bits per heavy atom. The van der Waals surface area contributed by atoms with Gasteiger partial charge >= 0.3 is 0 Å². The summed E-state index contributed by atoms with van der Waals surface area (Å²) in [6.45, 7) is 0. The highest BCUT2D eigenvalue weighted by Crippen LogP contribution is 2.26. The van der Waals surface area contributed by atoms with E-state index >= 15 is 0 Å². The Labute approximate surface area is 142 Å². The van der Waals surface area contributed by atoms with Gasteiger partial charge < -0.3 is 15.4 Å². The zero-order valence-electron chi connectivity index (χ0n) is 12.1. The quantitative estimate of drug-likeness (QED) is 0.762. The number of methoxy groups -OCH3 is 1. The molecular formula is C16H15IN2O3. The van der Waals surface area contributed by atoms with E-state index in [-0.39, 0.29) is 11.8 Å². The van der Waals surface area contributed by atoms with Gasteiger partial charge in [-0.1, -0.05) is 0 Å². The van der Waals surface area contributed by atoms with Crippen molar-refractivity contribution in [2.75, 3.05) is 19.5 Å². The number of ether oxygens (including phenoxy) is 1. The molecule has 0 unspecified atom stereocenters. The molecule has 6 heteroatoms. The van der Waals surface area contributed by atoms with Gasteiger partial charge in [0, 0.05) is 21.7 Å². The molecule has 0 aromatic heterocycles. The Balaban J connectivity index is 2.23. The second-order valence-corrected chi connectivity index (χ2v) is 5.70. The summed E-state index contributed by atoms with van der Waals surface area (Å²) < 4.78 is 6.30. The van der Waals surface area contributed by atoms with Gasteiger partial charge in [0.05, 0.1) is 12.8 Å². The number of rotatable bonds is 4. The van der Waals surface area contributed by atoms with Crippen molar-refractivity contribution in [2.45, 2.75) is 0 Å². The van der Waals surface area contributed by atoms with Gasteiger partial charge in [-0.15, -0.1) is 0 Å². The molecule has 2 aromatic carbocycles. The Morgan fingerprint density at radius 3 is 2.23 bits per heavy atom. The van der Waals surface area contributed by atoms with E-state index in [0.717, 1.165) is 3.57 Å². The van der Waals surface area contributed by atoms with Crippen molar-refractivity contribution in [3.05, 3.63) is 57.2 Å². The minimum absolute atomic E-state index is 0.214. The van der Waals surface area contributed by atoms with E-state index in [1.165, 1.54) is 7.11 Å². The average Bonchev–Trinajstić information content (AvgIpc) is 2.55. The molecule has 0 fully saturated rings. The molecule has 0 bridgehead atoms. The fourth-order valence-electron chi connectivity index (χ4n) is 1.88. The van der Waals surface area contributed by atoms with Gasteiger partial charge in [-0.2, -0.15) is 0 Å². The number of amides is 2. The molecule has 2 rings (SSSR count). The van der Waals surface area contributed by atoms with Gasteiger partial charge in [-0.3, -0.25) is 9.59 Å². The number of carbonyl (C=O) groups excluding carboxylic acids is 2. The van der Waals surface area contributed by atoms with E-state index in [2.05, 4.69) is 33.2 Å². The van der Waals surface area contributed by atoms with Crippen LogP contribution < -0.4 is 15.4 Å². The summed E-state index contributed by atoms with van der Waals surface area (Å²) in [5.74, 6) is -0.0174. The van der Waals surface area contributed by atoms with E-state index in [1.54, 1.807) is 37.4 Å². The number of nitrogens with one attached hydrogen (secondary N) is 2. The monoisotopic (exact) mass is 410 g/mol. The van der Waals surface area contributed by atoms with Crippen LogP contribution in [0.5, 0.6) is 5.75 Å². The molecule has 0 heterocycles. The van der Waals surface area contributed by atoms with Crippen molar-refractivity contribution >= 4 is 40.1 Å². The molecular weight excluding hydrogens is 395 g/mol. The van der Waals surface area contributed by atoms with Crippen LogP contribution in [0.15, 0.2) is 42.5 Å². The van der Waals surface area contributed by atoms with E-state index in [0.29, 0.717) is 22.6 Å². The second-order valence-electron chi connectivity index (χ2n) is 4.46. The van der Waals surface area contributed by atoms with Crippen molar-refractivity contribution in [1.29, 1.82) is 0 Å². The van der Waals surface area contributed by atoms with Crippen molar-refractivity contribution in [3.8, 4) is 5.75 Å². The first-order chi connectivity index (χ1) is 10.5. The Hall–Kier alpha value is -2.09. The third-order valence-corrected chi connectivity index (χ3v) is 3.76. The average molecular weight is 410 g/mol. The smallest absolute Gasteiger partial charge is 0.255 e. The Morgan fingerprint density at radius 1 is 1.00 bits per heavy atom. The lowest BCUT2D eigenvalue weighted by molar-refractivity contribution is 0.0962. The molecule has 0 aliphatic rings. The lowest BCUT2D eigenvalue weighted by atomic mass is 10.1. The normalized spacial score (nSPS) is 9.95. The largest absolute Gasteiger partial charge is 0.495 e. The van der Waals surface area contributed by atoms with E-state index in [9.17, 15) is 9.59 Å². The van der Waals surface area contributed by atoms with Crippen LogP contribution in [0.1, 0.15) is 20.7 Å². The molecule has 0 spiro atoms. The summed E-state index contributed by atoms with van der Waals surface area (Å²) >= 11 is 2.18. The van der Waals surface area contributed by atoms with Gasteiger partial charge in [0.15, 0.2) is 0 Å². The molecule has 114 valence electrons. The maximum atomic E-state index is 12.2. The van der Waals surface area contributed by atoms with Crippen LogP contribution in [0.4, 0.5) is 5.69 Å². The van der Waals surface area contributed by atoms with E-state index in [4.69, 9.17) is 4.74 Å². The fraction of sp³-hybridized carbons (Fsp3) is 0.125. The molecule has 2 aromatic rings. The van der Waals surface area contributed by atoms with Crippen molar-refractivity contribution < 1.29 is 14.3 Å². The number of hydrogen-bond donors (Lipinski definition) is 2. The zero-order chi connectivity index (χ0) is 16.1. The summed E-state index contributed by atoms with van der Waals surface area (Å²) in [6, 6.07) is 12.1. The SMILES string of the molecule is CNC(=O)c1ccc(NC(=O)c2ccc(I)cc2)c(OC)c1. The molecule has 0 radical (unpaired) electrons. The lowest BCUT2D eigenvalue weighted by Crippen LogP contribution is -2.18. The van der Waals surface area contributed by atoms with Crippen LogP contribution in [-0.4, -0.2) is 26.0 Å².